The van der Waals surface area contributed by atoms with E-state index in [4.69, 9.17) is 5.73 Å². The van der Waals surface area contributed by atoms with Crippen molar-refractivity contribution in [3.05, 3.63) is 29.1 Å². The Morgan fingerprint density at radius 3 is 2.93 bits per heavy atom. The van der Waals surface area contributed by atoms with Crippen molar-refractivity contribution in [2.24, 2.45) is 0 Å². The van der Waals surface area contributed by atoms with Crippen molar-refractivity contribution in [2.75, 3.05) is 5.73 Å². The van der Waals surface area contributed by atoms with Crippen LogP contribution >= 0.6 is 11.3 Å². The van der Waals surface area contributed by atoms with E-state index in [1.165, 1.54) is 15.6 Å². The van der Waals surface area contributed by atoms with Crippen molar-refractivity contribution in [2.45, 2.75) is 26.4 Å². The number of thiophene rings is 1. The quantitative estimate of drug-likeness (QED) is 0.780. The number of fused-ring (bicyclic) bond motifs is 1. The molecule has 0 unspecified atom stereocenters. The second kappa shape index (κ2) is 4.21. The van der Waals surface area contributed by atoms with Gasteiger partial charge in [0.1, 0.15) is 0 Å². The minimum absolute atomic E-state index is 0.522. The first-order valence-electron chi connectivity index (χ1n) is 5.16. The Morgan fingerprint density at radius 1 is 1.40 bits per heavy atom. The minimum atomic E-state index is 0.522. The van der Waals surface area contributed by atoms with Crippen LogP contribution in [0.25, 0.3) is 10.1 Å². The molecule has 1 heterocycles. The molecular formula is C12H16N2S. The summed E-state index contributed by atoms with van der Waals surface area (Å²) in [6.07, 6.45) is 0. The highest BCUT2D eigenvalue weighted by molar-refractivity contribution is 7.17. The van der Waals surface area contributed by atoms with Crippen LogP contribution in [0.1, 0.15) is 19.4 Å². The molecule has 1 aromatic carbocycles. The molecule has 0 bridgehead atoms. The molecule has 0 aliphatic heterocycles. The maximum absolute atomic E-state index is 5.75. The molecule has 1 aromatic heterocycles. The van der Waals surface area contributed by atoms with E-state index in [1.807, 2.05) is 12.1 Å². The number of anilines is 1. The van der Waals surface area contributed by atoms with E-state index in [0.29, 0.717) is 6.04 Å². The first kappa shape index (κ1) is 10.5. The molecule has 0 radical (unpaired) electrons. The second-order valence-electron chi connectivity index (χ2n) is 4.05. The van der Waals surface area contributed by atoms with E-state index in [2.05, 4.69) is 30.6 Å². The van der Waals surface area contributed by atoms with Crippen LogP contribution < -0.4 is 11.1 Å². The summed E-state index contributed by atoms with van der Waals surface area (Å²) in [6.45, 7) is 5.25. The number of benzene rings is 1. The predicted octanol–water partition coefficient (Wildman–Crippen LogP) is 2.98. The van der Waals surface area contributed by atoms with E-state index >= 15 is 0 Å². The third kappa shape index (κ3) is 2.30. The van der Waals surface area contributed by atoms with Gasteiger partial charge in [0.15, 0.2) is 0 Å². The van der Waals surface area contributed by atoms with Gasteiger partial charge in [-0.05, 0) is 28.5 Å². The van der Waals surface area contributed by atoms with E-state index in [-0.39, 0.29) is 0 Å². The molecule has 3 N–H and O–H groups in total. The lowest BCUT2D eigenvalue weighted by molar-refractivity contribution is 0.591. The third-order valence-electron chi connectivity index (χ3n) is 2.38. The molecule has 0 amide bonds. The van der Waals surface area contributed by atoms with Crippen LogP contribution in [0.3, 0.4) is 0 Å². The summed E-state index contributed by atoms with van der Waals surface area (Å²) in [4.78, 5) is 0. The van der Waals surface area contributed by atoms with Gasteiger partial charge < -0.3 is 11.1 Å². The first-order chi connectivity index (χ1) is 7.16. The lowest BCUT2D eigenvalue weighted by Crippen LogP contribution is -2.21. The zero-order valence-electron chi connectivity index (χ0n) is 9.08. The van der Waals surface area contributed by atoms with Crippen molar-refractivity contribution in [3.63, 3.8) is 0 Å². The second-order valence-corrected chi connectivity index (χ2v) is 4.96. The lowest BCUT2D eigenvalue weighted by atomic mass is 10.1. The fraction of sp³-hybridized carbons (Fsp3) is 0.333. The van der Waals surface area contributed by atoms with Crippen LogP contribution in [0.4, 0.5) is 5.69 Å². The van der Waals surface area contributed by atoms with Gasteiger partial charge in [-0.15, -0.1) is 11.3 Å². The van der Waals surface area contributed by atoms with Gasteiger partial charge in [-0.25, -0.2) is 0 Å². The highest BCUT2D eigenvalue weighted by Crippen LogP contribution is 2.27. The minimum Gasteiger partial charge on any atom is -0.399 e. The van der Waals surface area contributed by atoms with Crippen LogP contribution in [-0.2, 0) is 6.54 Å². The summed E-state index contributed by atoms with van der Waals surface area (Å²) >= 11 is 1.76. The largest absolute Gasteiger partial charge is 0.399 e. The molecule has 80 valence electrons. The van der Waals surface area contributed by atoms with Crippen molar-refractivity contribution < 1.29 is 0 Å². The molecule has 2 aromatic rings. The molecule has 0 aliphatic rings. The average molecular weight is 220 g/mol. The molecule has 2 nitrogen and oxygen atoms in total. The first-order valence-corrected chi connectivity index (χ1v) is 6.04. The van der Waals surface area contributed by atoms with Crippen LogP contribution in [0.2, 0.25) is 0 Å². The van der Waals surface area contributed by atoms with Gasteiger partial charge in [-0.3, -0.25) is 0 Å². The number of nitrogens with one attached hydrogen (secondary N) is 1. The summed E-state index contributed by atoms with van der Waals surface area (Å²) < 4.78 is 1.27. The van der Waals surface area contributed by atoms with Crippen LogP contribution in [-0.4, -0.2) is 6.04 Å². The smallest absolute Gasteiger partial charge is 0.0366 e. The normalized spacial score (nSPS) is 11.4. The van der Waals surface area contributed by atoms with Crippen molar-refractivity contribution in [1.82, 2.24) is 5.32 Å². The Bertz CT molecular complexity index is 460. The molecule has 0 saturated heterocycles. The number of nitrogen functional groups attached to an aromatic ring is 1. The topological polar surface area (TPSA) is 38.0 Å². The monoisotopic (exact) mass is 220 g/mol. The van der Waals surface area contributed by atoms with Gasteiger partial charge in [0.2, 0.25) is 0 Å². The van der Waals surface area contributed by atoms with Gasteiger partial charge in [0.25, 0.3) is 0 Å². The fourth-order valence-corrected chi connectivity index (χ4v) is 2.56. The molecule has 3 heteroatoms. The van der Waals surface area contributed by atoms with Gasteiger partial charge in [0, 0.05) is 23.0 Å². The summed E-state index contributed by atoms with van der Waals surface area (Å²) in [5.41, 5.74) is 7.95. The van der Waals surface area contributed by atoms with Crippen LogP contribution in [0, 0.1) is 0 Å². The van der Waals surface area contributed by atoms with E-state index in [1.54, 1.807) is 11.3 Å². The van der Waals surface area contributed by atoms with Gasteiger partial charge in [0.05, 0.1) is 0 Å². The van der Waals surface area contributed by atoms with Gasteiger partial charge in [-0.2, -0.15) is 0 Å². The SMILES string of the molecule is CC(C)NCc1csc2cc(N)ccc12. The molecular weight excluding hydrogens is 204 g/mol. The standard InChI is InChI=1S/C12H16N2S/c1-8(2)14-6-9-7-15-12-5-10(13)3-4-11(9)12/h3-5,7-8,14H,6,13H2,1-2H3. The summed E-state index contributed by atoms with van der Waals surface area (Å²) in [5, 5.41) is 6.96. The Hall–Kier alpha value is -1.06. The Kier molecular flexibility index (Phi) is 2.93. The zero-order valence-corrected chi connectivity index (χ0v) is 9.90. The summed E-state index contributed by atoms with van der Waals surface area (Å²) in [5.74, 6) is 0. The molecule has 15 heavy (non-hydrogen) atoms. The number of rotatable bonds is 3. The van der Waals surface area contributed by atoms with Crippen LogP contribution in [0.5, 0.6) is 0 Å². The van der Waals surface area contributed by atoms with Crippen molar-refractivity contribution in [1.29, 1.82) is 0 Å². The van der Waals surface area contributed by atoms with E-state index in [9.17, 15) is 0 Å². The number of hydrogen-bond donors (Lipinski definition) is 2. The van der Waals surface area contributed by atoms with Gasteiger partial charge >= 0.3 is 0 Å². The number of nitrogens with two attached hydrogens (primary N) is 1. The maximum atomic E-state index is 5.75. The molecule has 0 atom stereocenters. The number of hydrogen-bond acceptors (Lipinski definition) is 3. The predicted molar refractivity (Wildman–Crippen MR) is 68.2 cm³/mol. The van der Waals surface area contributed by atoms with Crippen molar-refractivity contribution >= 4 is 27.1 Å². The molecule has 0 saturated carbocycles. The Morgan fingerprint density at radius 2 is 2.20 bits per heavy atom. The summed E-state index contributed by atoms with van der Waals surface area (Å²) in [6, 6.07) is 6.64. The molecule has 0 fully saturated rings. The maximum Gasteiger partial charge on any atom is 0.0366 e. The summed E-state index contributed by atoms with van der Waals surface area (Å²) in [7, 11) is 0. The fourth-order valence-electron chi connectivity index (χ4n) is 1.55. The molecule has 0 spiro atoms. The molecule has 0 aliphatic carbocycles. The Labute approximate surface area is 94.1 Å². The Balaban J connectivity index is 2.29. The lowest BCUT2D eigenvalue weighted by Gasteiger charge is -2.06. The highest BCUT2D eigenvalue weighted by atomic mass is 32.1. The van der Waals surface area contributed by atoms with E-state index in [0.717, 1.165) is 12.2 Å². The van der Waals surface area contributed by atoms with Crippen LogP contribution in [0.15, 0.2) is 23.6 Å². The van der Waals surface area contributed by atoms with Gasteiger partial charge in [-0.1, -0.05) is 19.9 Å². The third-order valence-corrected chi connectivity index (χ3v) is 3.37. The van der Waals surface area contributed by atoms with Crippen molar-refractivity contribution in [3.8, 4) is 0 Å². The zero-order chi connectivity index (χ0) is 10.8. The average Bonchev–Trinajstić information content (AvgIpc) is 2.57. The highest BCUT2D eigenvalue weighted by Gasteiger charge is 2.04. The molecule has 2 rings (SSSR count). The van der Waals surface area contributed by atoms with E-state index < -0.39 is 0 Å².